The number of rotatable bonds is 6. The van der Waals surface area contributed by atoms with Crippen molar-refractivity contribution in [2.24, 2.45) is 11.7 Å². The van der Waals surface area contributed by atoms with Crippen molar-refractivity contribution < 1.29 is 4.79 Å². The fourth-order valence-corrected chi connectivity index (χ4v) is 2.67. The molecular formula is C16H27ClN2OS. The molecule has 0 radical (unpaired) electrons. The molecule has 0 fully saturated rings. The first-order valence-corrected chi connectivity index (χ1v) is 8.06. The molecule has 3 N–H and O–H groups in total. The predicted molar refractivity (Wildman–Crippen MR) is 95.5 cm³/mol. The Morgan fingerprint density at radius 2 is 1.95 bits per heavy atom. The van der Waals surface area contributed by atoms with Gasteiger partial charge in [-0.25, -0.2) is 0 Å². The molecule has 0 spiro atoms. The van der Waals surface area contributed by atoms with E-state index in [9.17, 15) is 4.79 Å². The maximum Gasteiger partial charge on any atom is 0.228 e. The van der Waals surface area contributed by atoms with E-state index in [1.54, 1.807) is 0 Å². The van der Waals surface area contributed by atoms with Crippen LogP contribution in [0.4, 0.5) is 5.69 Å². The lowest BCUT2D eigenvalue weighted by molar-refractivity contribution is -0.119. The normalized spacial score (nSPS) is 14.8. The first kappa shape index (κ1) is 20.3. The molecule has 1 rings (SSSR count). The molecular weight excluding hydrogens is 304 g/mol. The van der Waals surface area contributed by atoms with Gasteiger partial charge in [-0.05, 0) is 44.0 Å². The lowest BCUT2D eigenvalue weighted by atomic mass is 10.0. The summed E-state index contributed by atoms with van der Waals surface area (Å²) in [5.74, 6) is -0.214. The van der Waals surface area contributed by atoms with E-state index in [0.29, 0.717) is 5.25 Å². The minimum absolute atomic E-state index is 0. The molecule has 0 heterocycles. The fourth-order valence-electron chi connectivity index (χ4n) is 1.65. The summed E-state index contributed by atoms with van der Waals surface area (Å²) in [6.45, 7) is 10.1. The molecule has 0 aromatic heterocycles. The number of aryl methyl sites for hydroxylation is 1. The van der Waals surface area contributed by atoms with E-state index < -0.39 is 0 Å². The van der Waals surface area contributed by atoms with Crippen LogP contribution in [0.15, 0.2) is 23.1 Å². The Labute approximate surface area is 138 Å². The minimum Gasteiger partial charge on any atom is -0.327 e. The molecule has 3 atom stereocenters. The van der Waals surface area contributed by atoms with E-state index in [1.807, 2.05) is 38.6 Å². The quantitative estimate of drug-likeness (QED) is 0.767. The van der Waals surface area contributed by atoms with E-state index in [4.69, 9.17) is 5.73 Å². The summed E-state index contributed by atoms with van der Waals surface area (Å²) in [6.07, 6.45) is 1.15. The molecule has 0 aliphatic carbocycles. The highest BCUT2D eigenvalue weighted by atomic mass is 35.5. The first-order valence-electron chi connectivity index (χ1n) is 7.18. The largest absolute Gasteiger partial charge is 0.327 e. The number of nitrogens with two attached hydrogens (primary N) is 1. The van der Waals surface area contributed by atoms with Gasteiger partial charge < -0.3 is 11.1 Å². The first-order chi connectivity index (χ1) is 9.35. The van der Waals surface area contributed by atoms with Gasteiger partial charge in [0.2, 0.25) is 5.91 Å². The summed E-state index contributed by atoms with van der Waals surface area (Å²) < 4.78 is 0. The van der Waals surface area contributed by atoms with E-state index in [1.165, 1.54) is 4.90 Å². The minimum atomic E-state index is -0.191. The topological polar surface area (TPSA) is 55.1 Å². The Morgan fingerprint density at radius 3 is 2.43 bits per heavy atom. The summed E-state index contributed by atoms with van der Waals surface area (Å²) in [6, 6.07) is 6.03. The molecule has 0 aliphatic heterocycles. The Balaban J connectivity index is 0.00000400. The summed E-state index contributed by atoms with van der Waals surface area (Å²) >= 11 is 1.86. The highest BCUT2D eigenvalue weighted by molar-refractivity contribution is 7.99. The molecule has 0 aliphatic rings. The van der Waals surface area contributed by atoms with Crippen LogP contribution >= 0.6 is 24.2 Å². The Kier molecular flexibility index (Phi) is 9.02. The molecule has 1 amide bonds. The van der Waals surface area contributed by atoms with E-state index in [2.05, 4.69) is 31.3 Å². The molecule has 21 heavy (non-hydrogen) atoms. The van der Waals surface area contributed by atoms with Crippen LogP contribution in [0.25, 0.3) is 0 Å². The summed E-state index contributed by atoms with van der Waals surface area (Å²) in [5.41, 5.74) is 7.72. The van der Waals surface area contributed by atoms with Crippen LogP contribution in [0.1, 0.15) is 39.7 Å². The second kappa shape index (κ2) is 9.34. The number of benzene rings is 1. The predicted octanol–water partition coefficient (Wildman–Crippen LogP) is 4.23. The summed E-state index contributed by atoms with van der Waals surface area (Å²) in [7, 11) is 0. The second-order valence-corrected chi connectivity index (χ2v) is 6.96. The Morgan fingerprint density at radius 1 is 1.33 bits per heavy atom. The van der Waals surface area contributed by atoms with Gasteiger partial charge in [0.05, 0.1) is 5.92 Å². The standard InChI is InChI=1S/C16H26N2OS.ClH/c1-6-11(3)20-14-7-8-15(10(2)9-14)18-16(19)12(4)13(5)17;/h7-9,11-13H,6,17H2,1-5H3,(H,18,19);1H. The van der Waals surface area contributed by atoms with Crippen molar-refractivity contribution in [3.8, 4) is 0 Å². The van der Waals surface area contributed by atoms with Gasteiger partial charge in [-0.2, -0.15) is 0 Å². The van der Waals surface area contributed by atoms with Crippen LogP contribution in [-0.4, -0.2) is 17.2 Å². The SMILES string of the molecule is CCC(C)Sc1ccc(NC(=O)C(C)C(C)N)c(C)c1.Cl. The van der Waals surface area contributed by atoms with Crippen LogP contribution in [0.3, 0.4) is 0 Å². The number of amides is 1. The zero-order valence-electron chi connectivity index (χ0n) is 13.5. The van der Waals surface area contributed by atoms with Gasteiger partial charge in [0.15, 0.2) is 0 Å². The number of thioether (sulfide) groups is 1. The van der Waals surface area contributed by atoms with Crippen LogP contribution in [-0.2, 0) is 4.79 Å². The van der Waals surface area contributed by atoms with Gasteiger partial charge in [0.25, 0.3) is 0 Å². The third kappa shape index (κ3) is 6.29. The van der Waals surface area contributed by atoms with Crippen LogP contribution in [0.5, 0.6) is 0 Å². The van der Waals surface area contributed by atoms with Crippen molar-refractivity contribution in [1.82, 2.24) is 0 Å². The van der Waals surface area contributed by atoms with Crippen molar-refractivity contribution in [3.05, 3.63) is 23.8 Å². The zero-order chi connectivity index (χ0) is 15.3. The Hall–Kier alpha value is -0.710. The highest BCUT2D eigenvalue weighted by Gasteiger charge is 2.17. The van der Waals surface area contributed by atoms with Gasteiger partial charge >= 0.3 is 0 Å². The molecule has 1 aromatic carbocycles. The highest BCUT2D eigenvalue weighted by Crippen LogP contribution is 2.28. The average Bonchev–Trinajstić information content (AvgIpc) is 2.40. The molecule has 0 saturated carbocycles. The maximum atomic E-state index is 12.0. The lowest BCUT2D eigenvalue weighted by Crippen LogP contribution is -2.34. The third-order valence-electron chi connectivity index (χ3n) is 3.57. The zero-order valence-corrected chi connectivity index (χ0v) is 15.1. The number of nitrogens with one attached hydrogen (secondary N) is 1. The van der Waals surface area contributed by atoms with Crippen molar-refractivity contribution >= 4 is 35.8 Å². The van der Waals surface area contributed by atoms with E-state index in [0.717, 1.165) is 17.7 Å². The van der Waals surface area contributed by atoms with Crippen molar-refractivity contribution in [2.45, 2.75) is 57.2 Å². The molecule has 0 saturated heterocycles. The average molecular weight is 331 g/mol. The maximum absolute atomic E-state index is 12.0. The summed E-state index contributed by atoms with van der Waals surface area (Å²) in [4.78, 5) is 13.3. The molecule has 3 nitrogen and oxygen atoms in total. The van der Waals surface area contributed by atoms with Crippen LogP contribution < -0.4 is 11.1 Å². The Bertz CT molecular complexity index is 466. The molecule has 5 heteroatoms. The third-order valence-corrected chi connectivity index (χ3v) is 4.83. The van der Waals surface area contributed by atoms with Crippen LogP contribution in [0, 0.1) is 12.8 Å². The number of halogens is 1. The number of carbonyl (C=O) groups is 1. The summed E-state index contributed by atoms with van der Waals surface area (Å²) in [5, 5.41) is 3.56. The van der Waals surface area contributed by atoms with E-state index in [-0.39, 0.29) is 30.3 Å². The molecule has 120 valence electrons. The van der Waals surface area contributed by atoms with Gasteiger partial charge in [-0.15, -0.1) is 24.2 Å². The molecule has 3 unspecified atom stereocenters. The second-order valence-electron chi connectivity index (χ2n) is 5.45. The number of anilines is 1. The molecule has 0 bridgehead atoms. The van der Waals surface area contributed by atoms with Gasteiger partial charge in [0.1, 0.15) is 0 Å². The van der Waals surface area contributed by atoms with Crippen molar-refractivity contribution in [1.29, 1.82) is 0 Å². The molecule has 1 aromatic rings. The lowest BCUT2D eigenvalue weighted by Gasteiger charge is -2.17. The fraction of sp³-hybridized carbons (Fsp3) is 0.562. The van der Waals surface area contributed by atoms with E-state index >= 15 is 0 Å². The van der Waals surface area contributed by atoms with Crippen molar-refractivity contribution in [2.75, 3.05) is 5.32 Å². The van der Waals surface area contributed by atoms with Crippen molar-refractivity contribution in [3.63, 3.8) is 0 Å². The monoisotopic (exact) mass is 330 g/mol. The number of carbonyl (C=O) groups excluding carboxylic acids is 1. The number of hydrogen-bond donors (Lipinski definition) is 2. The van der Waals surface area contributed by atoms with Gasteiger partial charge in [-0.3, -0.25) is 4.79 Å². The van der Waals surface area contributed by atoms with Crippen LogP contribution in [0.2, 0.25) is 0 Å². The number of hydrogen-bond acceptors (Lipinski definition) is 3. The van der Waals surface area contributed by atoms with Gasteiger partial charge in [0, 0.05) is 21.9 Å². The smallest absolute Gasteiger partial charge is 0.228 e. The van der Waals surface area contributed by atoms with Gasteiger partial charge in [-0.1, -0.05) is 20.8 Å².